The summed E-state index contributed by atoms with van der Waals surface area (Å²) in [4.78, 5) is 4.44. The van der Waals surface area contributed by atoms with Crippen LogP contribution in [0.5, 0.6) is 5.75 Å². The average molecular weight is 241 g/mol. The van der Waals surface area contributed by atoms with E-state index in [-0.39, 0.29) is 0 Å². The molecule has 0 bridgehead atoms. The molecule has 4 heteroatoms. The number of rotatable bonds is 3. The van der Waals surface area contributed by atoms with Gasteiger partial charge in [0.2, 0.25) is 0 Å². The molecule has 0 aliphatic heterocycles. The van der Waals surface area contributed by atoms with Crippen LogP contribution >= 0.6 is 0 Å². The molecule has 1 heterocycles. The first-order valence-electron chi connectivity index (χ1n) is 5.84. The van der Waals surface area contributed by atoms with Gasteiger partial charge in [-0.15, -0.1) is 0 Å². The zero-order valence-electron chi connectivity index (χ0n) is 10.8. The number of aromatic nitrogens is 2. The topological polar surface area (TPSA) is 50.8 Å². The van der Waals surface area contributed by atoms with Crippen LogP contribution in [0.1, 0.15) is 18.3 Å². The molecule has 0 amide bonds. The summed E-state index contributed by atoms with van der Waals surface area (Å²) in [5.74, 6) is 1.60. The fourth-order valence-electron chi connectivity index (χ4n) is 1.94. The number of nitriles is 1. The predicted molar refractivity (Wildman–Crippen MR) is 69.3 cm³/mol. The van der Waals surface area contributed by atoms with Crippen LogP contribution in [0.3, 0.4) is 0 Å². The summed E-state index contributed by atoms with van der Waals surface area (Å²) >= 11 is 0. The Hall–Kier alpha value is -2.28. The van der Waals surface area contributed by atoms with Gasteiger partial charge in [-0.2, -0.15) is 5.26 Å². The first-order chi connectivity index (χ1) is 8.67. The van der Waals surface area contributed by atoms with Gasteiger partial charge in [0.05, 0.1) is 12.3 Å². The summed E-state index contributed by atoms with van der Waals surface area (Å²) in [6.45, 7) is 4.42. The number of ether oxygens (including phenoxy) is 1. The molecule has 2 rings (SSSR count). The maximum Gasteiger partial charge on any atom is 0.143 e. The Kier molecular flexibility index (Phi) is 3.33. The molecular formula is C14H15N3O. The highest BCUT2D eigenvalue weighted by Gasteiger charge is 2.12. The molecule has 0 saturated carbocycles. The molecule has 2 aromatic rings. The molecule has 0 aliphatic carbocycles. The molecule has 92 valence electrons. The van der Waals surface area contributed by atoms with E-state index in [1.807, 2.05) is 45.2 Å². The lowest BCUT2D eigenvalue weighted by molar-refractivity contribution is 0.340. The molecule has 0 radical (unpaired) electrons. The largest absolute Gasteiger partial charge is 0.494 e. The van der Waals surface area contributed by atoms with E-state index in [9.17, 15) is 0 Å². The molecule has 0 fully saturated rings. The van der Waals surface area contributed by atoms with Crippen LogP contribution in [0.15, 0.2) is 24.3 Å². The van der Waals surface area contributed by atoms with Crippen LogP contribution in [-0.2, 0) is 7.05 Å². The standard InChI is InChI=1S/C14H15N3O/c1-4-18-12-7-5-6-11(8-12)14-16-10(2)13(9-15)17(14)3/h5-8H,4H2,1-3H3. The number of nitrogens with zero attached hydrogens (tertiary/aromatic N) is 3. The second-order valence-corrected chi connectivity index (χ2v) is 4.00. The van der Waals surface area contributed by atoms with Crippen LogP contribution in [0.2, 0.25) is 0 Å². The third kappa shape index (κ3) is 2.07. The van der Waals surface area contributed by atoms with Crippen LogP contribution < -0.4 is 4.74 Å². The van der Waals surface area contributed by atoms with Crippen LogP contribution in [0, 0.1) is 18.3 Å². The van der Waals surface area contributed by atoms with Crippen molar-refractivity contribution in [3.63, 3.8) is 0 Å². The van der Waals surface area contributed by atoms with E-state index in [2.05, 4.69) is 11.1 Å². The molecule has 0 aliphatic rings. The van der Waals surface area contributed by atoms with Gasteiger partial charge >= 0.3 is 0 Å². The summed E-state index contributed by atoms with van der Waals surface area (Å²) in [7, 11) is 1.85. The Bertz CT molecular complexity index is 608. The van der Waals surface area contributed by atoms with Crippen molar-refractivity contribution in [1.29, 1.82) is 5.26 Å². The van der Waals surface area contributed by atoms with Crippen molar-refractivity contribution in [1.82, 2.24) is 9.55 Å². The Morgan fingerprint density at radius 2 is 2.22 bits per heavy atom. The SMILES string of the molecule is CCOc1cccc(-c2nc(C)c(C#N)n2C)c1. The Morgan fingerprint density at radius 3 is 2.83 bits per heavy atom. The molecular weight excluding hydrogens is 226 g/mol. The van der Waals surface area contributed by atoms with Gasteiger partial charge < -0.3 is 9.30 Å². The van der Waals surface area contributed by atoms with Gasteiger partial charge in [-0.05, 0) is 26.0 Å². The second kappa shape index (κ2) is 4.92. The molecule has 0 atom stereocenters. The summed E-state index contributed by atoms with van der Waals surface area (Å²) in [6.07, 6.45) is 0. The lowest BCUT2D eigenvalue weighted by Gasteiger charge is -2.06. The van der Waals surface area contributed by atoms with Crippen LogP contribution in [-0.4, -0.2) is 16.2 Å². The van der Waals surface area contributed by atoms with Crippen molar-refractivity contribution < 1.29 is 4.74 Å². The van der Waals surface area contributed by atoms with Crippen molar-refractivity contribution in [2.75, 3.05) is 6.61 Å². The Labute approximate surface area is 106 Å². The fourth-order valence-corrected chi connectivity index (χ4v) is 1.94. The van der Waals surface area contributed by atoms with Gasteiger partial charge in [0.1, 0.15) is 23.3 Å². The van der Waals surface area contributed by atoms with Gasteiger partial charge in [-0.1, -0.05) is 12.1 Å². The highest BCUT2D eigenvalue weighted by molar-refractivity contribution is 5.60. The van der Waals surface area contributed by atoms with Gasteiger partial charge in [0.15, 0.2) is 0 Å². The normalized spacial score (nSPS) is 10.1. The molecule has 0 saturated heterocycles. The van der Waals surface area contributed by atoms with Crippen molar-refractivity contribution >= 4 is 0 Å². The third-order valence-corrected chi connectivity index (χ3v) is 2.78. The van der Waals surface area contributed by atoms with Gasteiger partial charge in [0.25, 0.3) is 0 Å². The number of hydrogen-bond acceptors (Lipinski definition) is 3. The lowest BCUT2D eigenvalue weighted by Crippen LogP contribution is -1.96. The number of imidazole rings is 1. The average Bonchev–Trinajstić information content (AvgIpc) is 2.65. The van der Waals surface area contributed by atoms with E-state index in [0.717, 1.165) is 22.8 Å². The minimum absolute atomic E-state index is 0.590. The van der Waals surface area contributed by atoms with Gasteiger partial charge in [-0.3, -0.25) is 0 Å². The van der Waals surface area contributed by atoms with E-state index >= 15 is 0 Å². The first-order valence-corrected chi connectivity index (χ1v) is 5.84. The Balaban J connectivity index is 2.49. The van der Waals surface area contributed by atoms with Crippen LogP contribution in [0.4, 0.5) is 0 Å². The number of hydrogen-bond donors (Lipinski definition) is 0. The fraction of sp³-hybridized carbons (Fsp3) is 0.286. The summed E-state index contributed by atoms with van der Waals surface area (Å²) in [6, 6.07) is 9.90. The zero-order chi connectivity index (χ0) is 13.1. The molecule has 0 spiro atoms. The minimum Gasteiger partial charge on any atom is -0.494 e. The van der Waals surface area contributed by atoms with E-state index in [4.69, 9.17) is 10.00 Å². The smallest absolute Gasteiger partial charge is 0.143 e. The summed E-state index contributed by atoms with van der Waals surface area (Å²) in [5.41, 5.74) is 2.29. The van der Waals surface area contributed by atoms with E-state index in [1.165, 1.54) is 0 Å². The predicted octanol–water partition coefficient (Wildman–Crippen LogP) is 2.67. The highest BCUT2D eigenvalue weighted by atomic mass is 16.5. The van der Waals surface area contributed by atoms with E-state index in [0.29, 0.717) is 12.3 Å². The lowest BCUT2D eigenvalue weighted by atomic mass is 10.2. The van der Waals surface area contributed by atoms with Crippen molar-refractivity contribution in [2.45, 2.75) is 13.8 Å². The minimum atomic E-state index is 0.590. The quantitative estimate of drug-likeness (QED) is 0.830. The maximum atomic E-state index is 9.06. The maximum absolute atomic E-state index is 9.06. The molecule has 4 nitrogen and oxygen atoms in total. The van der Waals surface area contributed by atoms with E-state index < -0.39 is 0 Å². The zero-order valence-corrected chi connectivity index (χ0v) is 10.8. The second-order valence-electron chi connectivity index (χ2n) is 4.00. The van der Waals surface area contributed by atoms with Gasteiger partial charge in [-0.25, -0.2) is 4.98 Å². The highest BCUT2D eigenvalue weighted by Crippen LogP contribution is 2.24. The van der Waals surface area contributed by atoms with Crippen molar-refractivity contribution in [2.24, 2.45) is 7.05 Å². The van der Waals surface area contributed by atoms with Crippen molar-refractivity contribution in [3.05, 3.63) is 35.7 Å². The van der Waals surface area contributed by atoms with Gasteiger partial charge in [0, 0.05) is 12.6 Å². The van der Waals surface area contributed by atoms with Crippen LogP contribution in [0.25, 0.3) is 11.4 Å². The molecule has 1 aromatic heterocycles. The molecule has 1 aromatic carbocycles. The molecule has 0 unspecified atom stereocenters. The van der Waals surface area contributed by atoms with Crippen molar-refractivity contribution in [3.8, 4) is 23.2 Å². The number of benzene rings is 1. The molecule has 0 N–H and O–H groups in total. The number of aryl methyl sites for hydroxylation is 1. The van der Waals surface area contributed by atoms with E-state index in [1.54, 1.807) is 4.57 Å². The first kappa shape index (κ1) is 12.2. The summed E-state index contributed by atoms with van der Waals surface area (Å²) in [5, 5.41) is 9.06. The summed E-state index contributed by atoms with van der Waals surface area (Å²) < 4.78 is 7.28. The third-order valence-electron chi connectivity index (χ3n) is 2.78. The Morgan fingerprint density at radius 1 is 1.44 bits per heavy atom. The monoisotopic (exact) mass is 241 g/mol. The molecule has 18 heavy (non-hydrogen) atoms.